The van der Waals surface area contributed by atoms with Gasteiger partial charge in [0, 0.05) is 17.3 Å². The van der Waals surface area contributed by atoms with Crippen molar-refractivity contribution in [2.75, 3.05) is 5.32 Å². The van der Waals surface area contributed by atoms with Crippen molar-refractivity contribution >= 4 is 34.0 Å². The number of carbonyl (C=O) groups is 1. The molecule has 2 aliphatic carbocycles. The van der Waals surface area contributed by atoms with E-state index in [1.54, 1.807) is 11.3 Å². The molecule has 152 valence electrons. The molecule has 0 saturated heterocycles. The summed E-state index contributed by atoms with van der Waals surface area (Å²) >= 11 is 2.98. The fraction of sp³-hybridized carbons (Fsp3) is 0.524. The van der Waals surface area contributed by atoms with E-state index in [-0.39, 0.29) is 11.2 Å². The number of anilines is 1. The fourth-order valence-electron chi connectivity index (χ4n) is 3.71. The Morgan fingerprint density at radius 2 is 2.21 bits per heavy atom. The second-order valence-corrected chi connectivity index (χ2v) is 10.1. The van der Waals surface area contributed by atoms with E-state index < -0.39 is 0 Å². The van der Waals surface area contributed by atoms with E-state index in [0.717, 1.165) is 55.1 Å². The Labute approximate surface area is 179 Å². The molecule has 6 nitrogen and oxygen atoms in total. The summed E-state index contributed by atoms with van der Waals surface area (Å²) in [5, 5.41) is 22.4. The van der Waals surface area contributed by atoms with E-state index in [0.29, 0.717) is 23.0 Å². The van der Waals surface area contributed by atoms with Crippen LogP contribution in [0.2, 0.25) is 0 Å². The quantitative estimate of drug-likeness (QED) is 0.395. The van der Waals surface area contributed by atoms with Crippen LogP contribution in [0.25, 0.3) is 0 Å². The summed E-state index contributed by atoms with van der Waals surface area (Å²) in [7, 11) is 0. The molecule has 29 heavy (non-hydrogen) atoms. The van der Waals surface area contributed by atoms with Crippen molar-refractivity contribution in [3.8, 4) is 6.07 Å². The van der Waals surface area contributed by atoms with E-state index in [1.165, 1.54) is 23.1 Å². The number of amides is 1. The Hall–Kier alpha value is -2.11. The predicted molar refractivity (Wildman–Crippen MR) is 116 cm³/mol. The first kappa shape index (κ1) is 20.2. The number of aryl methyl sites for hydroxylation is 1. The van der Waals surface area contributed by atoms with E-state index in [2.05, 4.69) is 32.7 Å². The van der Waals surface area contributed by atoms with Crippen LogP contribution in [0, 0.1) is 11.3 Å². The molecule has 1 amide bonds. The molecule has 1 fully saturated rings. The van der Waals surface area contributed by atoms with Crippen molar-refractivity contribution < 1.29 is 4.79 Å². The van der Waals surface area contributed by atoms with Crippen molar-refractivity contribution in [3.05, 3.63) is 34.5 Å². The first-order valence-electron chi connectivity index (χ1n) is 10.2. The molecule has 1 saturated carbocycles. The highest BCUT2D eigenvalue weighted by Crippen LogP contribution is 2.41. The van der Waals surface area contributed by atoms with Gasteiger partial charge < -0.3 is 9.88 Å². The maximum Gasteiger partial charge on any atom is 0.238 e. The third-order valence-electron chi connectivity index (χ3n) is 5.42. The van der Waals surface area contributed by atoms with E-state index >= 15 is 0 Å². The minimum absolute atomic E-state index is 0.107. The first-order valence-corrected chi connectivity index (χ1v) is 11.9. The second-order valence-electron chi connectivity index (χ2n) is 7.64. The average Bonchev–Trinajstić information content (AvgIpc) is 3.45. The minimum Gasteiger partial charge on any atom is -0.316 e. The largest absolute Gasteiger partial charge is 0.316 e. The number of nitriles is 1. The van der Waals surface area contributed by atoms with Gasteiger partial charge in [-0.25, -0.2) is 0 Å². The van der Waals surface area contributed by atoms with Crippen molar-refractivity contribution in [1.29, 1.82) is 5.26 Å². The highest BCUT2D eigenvalue weighted by Gasteiger charge is 2.31. The van der Waals surface area contributed by atoms with Crippen LogP contribution in [0.3, 0.4) is 0 Å². The van der Waals surface area contributed by atoms with Gasteiger partial charge >= 0.3 is 0 Å². The zero-order valence-corrected chi connectivity index (χ0v) is 18.2. The zero-order chi connectivity index (χ0) is 20.4. The summed E-state index contributed by atoms with van der Waals surface area (Å²) in [5.74, 6) is 1.37. The smallest absolute Gasteiger partial charge is 0.238 e. The Bertz CT molecular complexity index is 967. The maximum absolute atomic E-state index is 12.9. The monoisotopic (exact) mass is 427 g/mol. The third kappa shape index (κ3) is 4.26. The topological polar surface area (TPSA) is 83.6 Å². The van der Waals surface area contributed by atoms with E-state index in [4.69, 9.17) is 0 Å². The van der Waals surface area contributed by atoms with Gasteiger partial charge in [-0.15, -0.1) is 28.1 Å². The van der Waals surface area contributed by atoms with Gasteiger partial charge in [0.25, 0.3) is 0 Å². The average molecular weight is 428 g/mol. The summed E-state index contributed by atoms with van der Waals surface area (Å²) in [4.78, 5) is 14.1. The number of nitrogens with one attached hydrogen (secondary N) is 1. The van der Waals surface area contributed by atoms with E-state index in [1.807, 2.05) is 13.0 Å². The number of thiophene rings is 1. The normalized spacial score (nSPS) is 17.1. The lowest BCUT2D eigenvalue weighted by Crippen LogP contribution is -2.23. The van der Waals surface area contributed by atoms with Crippen LogP contribution in [0.15, 0.2) is 17.8 Å². The Kier molecular flexibility index (Phi) is 6.07. The number of fused-ring (bicyclic) bond motifs is 1. The summed E-state index contributed by atoms with van der Waals surface area (Å²) in [5.41, 5.74) is 1.80. The van der Waals surface area contributed by atoms with Gasteiger partial charge in [0.2, 0.25) is 5.91 Å². The molecule has 0 bridgehead atoms. The van der Waals surface area contributed by atoms with Crippen LogP contribution < -0.4 is 5.32 Å². The van der Waals surface area contributed by atoms with Crippen molar-refractivity contribution in [1.82, 2.24) is 14.8 Å². The Morgan fingerprint density at radius 3 is 2.93 bits per heavy atom. The molecule has 1 unspecified atom stereocenters. The third-order valence-corrected chi connectivity index (χ3v) is 7.71. The van der Waals surface area contributed by atoms with Gasteiger partial charge in [0.05, 0.1) is 10.8 Å². The van der Waals surface area contributed by atoms with Crippen LogP contribution >= 0.6 is 23.1 Å². The number of nitrogens with zero attached hydrogens (tertiary/aromatic N) is 4. The lowest BCUT2D eigenvalue weighted by Gasteiger charge is -2.12. The van der Waals surface area contributed by atoms with Gasteiger partial charge in [-0.3, -0.25) is 4.79 Å². The Morgan fingerprint density at radius 1 is 1.41 bits per heavy atom. The van der Waals surface area contributed by atoms with Gasteiger partial charge in [0.15, 0.2) is 5.16 Å². The lowest BCUT2D eigenvalue weighted by atomic mass is 10.1. The molecule has 0 spiro atoms. The minimum atomic E-state index is -0.344. The highest BCUT2D eigenvalue weighted by molar-refractivity contribution is 8.00. The number of hydrogen-bond donors (Lipinski definition) is 1. The fourth-order valence-corrected chi connectivity index (χ4v) is 5.81. The van der Waals surface area contributed by atoms with Crippen molar-refractivity contribution in [3.63, 3.8) is 0 Å². The maximum atomic E-state index is 12.9. The number of allylic oxidation sites excluding steroid dienone is 1. The summed E-state index contributed by atoms with van der Waals surface area (Å²) in [6.07, 6.45) is 9.54. The van der Waals surface area contributed by atoms with Gasteiger partial charge in [-0.2, -0.15) is 5.26 Å². The summed E-state index contributed by atoms with van der Waals surface area (Å²) < 4.78 is 2.06. The SMILES string of the molecule is C=CCn1c(SC(C)C(=O)Nc2sc3c(c2C#N)CCCCC3)nnc1C1CC1. The predicted octanol–water partition coefficient (Wildman–Crippen LogP) is 4.66. The number of aromatic nitrogens is 3. The Balaban J connectivity index is 1.48. The van der Waals surface area contributed by atoms with Crippen LogP contribution in [-0.4, -0.2) is 25.9 Å². The summed E-state index contributed by atoms with van der Waals surface area (Å²) in [6, 6.07) is 2.33. The molecule has 1 N–H and O–H groups in total. The number of hydrogen-bond acceptors (Lipinski definition) is 6. The van der Waals surface area contributed by atoms with Crippen molar-refractivity contribution in [2.45, 2.75) is 74.7 Å². The van der Waals surface area contributed by atoms with Crippen LogP contribution in [-0.2, 0) is 24.2 Å². The van der Waals surface area contributed by atoms with Crippen LogP contribution in [0.4, 0.5) is 5.00 Å². The molecule has 0 aliphatic heterocycles. The molecule has 1 atom stereocenters. The zero-order valence-electron chi connectivity index (χ0n) is 16.6. The number of rotatable bonds is 7. The van der Waals surface area contributed by atoms with E-state index in [9.17, 15) is 10.1 Å². The molecule has 0 aromatic carbocycles. The molecule has 2 aromatic heterocycles. The van der Waals surface area contributed by atoms with Crippen LogP contribution in [0.5, 0.6) is 0 Å². The molecule has 0 radical (unpaired) electrons. The van der Waals surface area contributed by atoms with Gasteiger partial charge in [-0.1, -0.05) is 24.3 Å². The molecule has 8 heteroatoms. The van der Waals surface area contributed by atoms with Gasteiger partial charge in [-0.05, 0) is 51.0 Å². The van der Waals surface area contributed by atoms with Crippen molar-refractivity contribution in [2.24, 2.45) is 0 Å². The molecule has 4 rings (SSSR count). The molecular weight excluding hydrogens is 402 g/mol. The number of thioether (sulfide) groups is 1. The second kappa shape index (κ2) is 8.72. The number of carbonyl (C=O) groups excluding carboxylic acids is 1. The van der Waals surface area contributed by atoms with Crippen LogP contribution in [0.1, 0.15) is 66.8 Å². The molecule has 2 aromatic rings. The summed E-state index contributed by atoms with van der Waals surface area (Å²) in [6.45, 7) is 6.34. The molecular formula is C21H25N5OS2. The lowest BCUT2D eigenvalue weighted by molar-refractivity contribution is -0.115. The molecule has 2 heterocycles. The van der Waals surface area contributed by atoms with Gasteiger partial charge in [0.1, 0.15) is 16.9 Å². The molecule has 2 aliphatic rings. The highest BCUT2D eigenvalue weighted by atomic mass is 32.2. The standard InChI is InChI=1S/C21H25N5OS2/c1-3-11-26-18(14-9-10-14)24-25-21(26)28-13(2)19(27)23-20-16(12-22)15-7-5-4-6-8-17(15)29-20/h3,13-14H,1,4-11H2,2H3,(H,23,27). The first-order chi connectivity index (χ1) is 14.1.